The Morgan fingerprint density at radius 1 is 0.237 bits per heavy atom. The molecule has 0 aliphatic rings. The van der Waals surface area contributed by atoms with E-state index in [0.717, 1.165) is 83.7 Å². The number of rotatable bonds is 7. The van der Waals surface area contributed by atoms with Crippen molar-refractivity contribution in [3.63, 3.8) is 0 Å². The molecule has 76 heavy (non-hydrogen) atoms. The van der Waals surface area contributed by atoms with Crippen molar-refractivity contribution in [3.8, 4) is 56.7 Å². The van der Waals surface area contributed by atoms with E-state index < -0.39 is 0 Å². The summed E-state index contributed by atoms with van der Waals surface area (Å²) in [5.74, 6) is 0.667. The van der Waals surface area contributed by atoms with Gasteiger partial charge in [-0.25, -0.2) is 9.97 Å². The quantitative estimate of drug-likeness (QED) is 0.160. The van der Waals surface area contributed by atoms with Crippen LogP contribution in [0.3, 0.4) is 0 Å². The van der Waals surface area contributed by atoms with Crippen LogP contribution in [0.1, 0.15) is 0 Å². The lowest BCUT2D eigenvalue weighted by Crippen LogP contribution is -2.07. The SMILES string of the molecule is c1ccc(-c2cc(-c3cccc(-n4c5ccccc5c5cc(-n6c7ccccc7c7ccccc76)ccc54)c3-n3c4ccccc4c4cc(-n5c6ccccc6c6ccccc65)ccc43)nc(-c3ccccc3)n2)cc1. The second-order valence-electron chi connectivity index (χ2n) is 19.7. The molecule has 354 valence electrons. The van der Waals surface area contributed by atoms with Crippen molar-refractivity contribution < 1.29 is 0 Å². The highest BCUT2D eigenvalue weighted by Gasteiger charge is 2.25. The summed E-state index contributed by atoms with van der Waals surface area (Å²) in [5, 5.41) is 9.63. The summed E-state index contributed by atoms with van der Waals surface area (Å²) >= 11 is 0. The number of para-hydroxylation sites is 7. The molecule has 0 saturated heterocycles. The average molecular weight is 969 g/mol. The number of fused-ring (bicyclic) bond motifs is 12. The van der Waals surface area contributed by atoms with Crippen molar-refractivity contribution in [3.05, 3.63) is 267 Å². The van der Waals surface area contributed by atoms with Crippen LogP contribution in [0.25, 0.3) is 144 Å². The van der Waals surface area contributed by atoms with Gasteiger partial charge < -0.3 is 18.3 Å². The van der Waals surface area contributed by atoms with Gasteiger partial charge in [-0.15, -0.1) is 0 Å². The first kappa shape index (κ1) is 42.2. The Morgan fingerprint density at radius 3 is 1.09 bits per heavy atom. The van der Waals surface area contributed by atoms with Gasteiger partial charge in [-0.2, -0.15) is 0 Å². The zero-order chi connectivity index (χ0) is 49.8. The van der Waals surface area contributed by atoms with Gasteiger partial charge in [0.1, 0.15) is 0 Å². The molecule has 0 aliphatic carbocycles. The Morgan fingerprint density at radius 2 is 0.605 bits per heavy atom. The second kappa shape index (κ2) is 16.6. The highest BCUT2D eigenvalue weighted by atomic mass is 15.1. The highest BCUT2D eigenvalue weighted by Crippen LogP contribution is 2.45. The molecule has 0 N–H and O–H groups in total. The third-order valence-corrected chi connectivity index (χ3v) is 15.6. The topological polar surface area (TPSA) is 45.5 Å². The Balaban J connectivity index is 1.01. The number of hydrogen-bond acceptors (Lipinski definition) is 2. The first-order valence-electron chi connectivity index (χ1n) is 25.9. The van der Waals surface area contributed by atoms with Crippen LogP contribution in [-0.4, -0.2) is 28.2 Å². The van der Waals surface area contributed by atoms with Gasteiger partial charge in [-0.05, 0) is 84.9 Å². The molecule has 0 aliphatic heterocycles. The molecule has 0 bridgehead atoms. The zero-order valence-corrected chi connectivity index (χ0v) is 41.1. The number of aromatic nitrogens is 6. The Labute approximate surface area is 436 Å². The highest BCUT2D eigenvalue weighted by molar-refractivity contribution is 6.15. The van der Waals surface area contributed by atoms with Crippen molar-refractivity contribution in [2.75, 3.05) is 0 Å². The fraction of sp³-hybridized carbons (Fsp3) is 0. The van der Waals surface area contributed by atoms with E-state index in [-0.39, 0.29) is 0 Å². The predicted molar refractivity (Wildman–Crippen MR) is 316 cm³/mol. The maximum Gasteiger partial charge on any atom is 0.160 e. The predicted octanol–water partition coefficient (Wildman–Crippen LogP) is 17.9. The van der Waals surface area contributed by atoms with Crippen molar-refractivity contribution >= 4 is 87.2 Å². The molecule has 6 nitrogen and oxygen atoms in total. The summed E-state index contributed by atoms with van der Waals surface area (Å²) in [6, 6.07) is 96.4. The molecule has 0 fully saturated rings. The van der Waals surface area contributed by atoms with E-state index in [2.05, 4.69) is 279 Å². The molecule has 0 spiro atoms. The maximum absolute atomic E-state index is 5.53. The first-order valence-corrected chi connectivity index (χ1v) is 25.9. The summed E-state index contributed by atoms with van der Waals surface area (Å²) in [5.41, 5.74) is 18.1. The lowest BCUT2D eigenvalue weighted by Gasteiger charge is -2.21. The van der Waals surface area contributed by atoms with Crippen LogP contribution >= 0.6 is 0 Å². The molecule has 5 heterocycles. The first-order chi connectivity index (χ1) is 37.7. The molecule has 16 aromatic rings. The summed E-state index contributed by atoms with van der Waals surface area (Å²) in [6.07, 6.45) is 0. The third-order valence-electron chi connectivity index (χ3n) is 15.6. The minimum absolute atomic E-state index is 0.667. The van der Waals surface area contributed by atoms with Crippen LogP contribution in [-0.2, 0) is 0 Å². The zero-order valence-electron chi connectivity index (χ0n) is 41.1. The summed E-state index contributed by atoms with van der Waals surface area (Å²) in [4.78, 5) is 10.8. The average Bonchev–Trinajstić information content (AvgIpc) is 4.26. The standard InChI is InChI=1S/C70H44N6/c1-3-20-45(21-4-1)58-44-59(72-70(71-58)46-22-5-2-6-23-46)55-30-19-37-68(75-64-35-17-11-28-53(64)56-42-47(38-40-66(56)75)73-60-31-13-7-24-49(60)50-25-8-14-32-61(50)73)69(55)76-65-36-18-12-29-54(65)57-43-48(39-41-67(57)76)74-62-33-15-9-26-51(62)52-27-10-16-34-63(52)74/h1-44H. The van der Waals surface area contributed by atoms with Crippen molar-refractivity contribution in [1.82, 2.24) is 28.2 Å². The molecular formula is C70H44N6. The number of benzene rings is 11. The third kappa shape index (κ3) is 6.28. The van der Waals surface area contributed by atoms with Gasteiger partial charge in [0.15, 0.2) is 5.82 Å². The molecule has 0 radical (unpaired) electrons. The normalized spacial score (nSPS) is 11.9. The van der Waals surface area contributed by atoms with E-state index in [1.807, 2.05) is 6.07 Å². The van der Waals surface area contributed by atoms with Gasteiger partial charge in [0, 0.05) is 71.2 Å². The van der Waals surface area contributed by atoms with Crippen LogP contribution in [0.5, 0.6) is 0 Å². The van der Waals surface area contributed by atoms with Gasteiger partial charge in [-0.1, -0.05) is 182 Å². The van der Waals surface area contributed by atoms with Crippen LogP contribution in [0.4, 0.5) is 0 Å². The summed E-state index contributed by atoms with van der Waals surface area (Å²) in [6.45, 7) is 0. The van der Waals surface area contributed by atoms with E-state index in [0.29, 0.717) is 5.82 Å². The molecule has 5 aromatic heterocycles. The van der Waals surface area contributed by atoms with E-state index in [1.54, 1.807) is 0 Å². The lowest BCUT2D eigenvalue weighted by molar-refractivity contribution is 1.09. The molecular weight excluding hydrogens is 925 g/mol. The van der Waals surface area contributed by atoms with Gasteiger partial charge in [0.25, 0.3) is 0 Å². The Hall–Kier alpha value is -10.3. The molecule has 11 aromatic carbocycles. The summed E-state index contributed by atoms with van der Waals surface area (Å²) < 4.78 is 9.80. The maximum atomic E-state index is 5.53. The van der Waals surface area contributed by atoms with E-state index in [9.17, 15) is 0 Å². The van der Waals surface area contributed by atoms with Crippen molar-refractivity contribution in [2.24, 2.45) is 0 Å². The molecule has 0 unspecified atom stereocenters. The Bertz CT molecular complexity index is 4830. The Kier molecular flexibility index (Phi) is 9.23. The van der Waals surface area contributed by atoms with E-state index in [4.69, 9.17) is 9.97 Å². The summed E-state index contributed by atoms with van der Waals surface area (Å²) in [7, 11) is 0. The van der Waals surface area contributed by atoms with Gasteiger partial charge in [0.05, 0.1) is 66.9 Å². The molecule has 0 saturated carbocycles. The number of hydrogen-bond donors (Lipinski definition) is 0. The van der Waals surface area contributed by atoms with E-state index in [1.165, 1.54) is 54.4 Å². The van der Waals surface area contributed by atoms with Crippen LogP contribution in [0, 0.1) is 0 Å². The van der Waals surface area contributed by atoms with E-state index >= 15 is 0 Å². The molecule has 0 amide bonds. The minimum Gasteiger partial charge on any atom is -0.309 e. The van der Waals surface area contributed by atoms with Crippen LogP contribution < -0.4 is 0 Å². The van der Waals surface area contributed by atoms with Gasteiger partial charge in [0.2, 0.25) is 0 Å². The van der Waals surface area contributed by atoms with Crippen LogP contribution in [0.15, 0.2) is 267 Å². The van der Waals surface area contributed by atoms with Crippen molar-refractivity contribution in [2.45, 2.75) is 0 Å². The van der Waals surface area contributed by atoms with Crippen molar-refractivity contribution in [1.29, 1.82) is 0 Å². The molecule has 6 heteroatoms. The monoisotopic (exact) mass is 968 g/mol. The van der Waals surface area contributed by atoms with Gasteiger partial charge >= 0.3 is 0 Å². The smallest absolute Gasteiger partial charge is 0.160 e. The number of nitrogens with zero attached hydrogens (tertiary/aromatic N) is 6. The minimum atomic E-state index is 0.667. The lowest BCUT2D eigenvalue weighted by atomic mass is 10.0. The molecule has 16 rings (SSSR count). The second-order valence-corrected chi connectivity index (χ2v) is 19.7. The largest absolute Gasteiger partial charge is 0.309 e. The van der Waals surface area contributed by atoms with Crippen LogP contribution in [0.2, 0.25) is 0 Å². The fourth-order valence-corrected chi connectivity index (χ4v) is 12.3. The van der Waals surface area contributed by atoms with Gasteiger partial charge in [-0.3, -0.25) is 0 Å². The molecule has 0 atom stereocenters. The fourth-order valence-electron chi connectivity index (χ4n) is 12.3.